The summed E-state index contributed by atoms with van der Waals surface area (Å²) in [6.45, 7) is 7.42. The van der Waals surface area contributed by atoms with E-state index in [1.165, 1.54) is 0 Å². The van der Waals surface area contributed by atoms with Gasteiger partial charge in [-0.15, -0.1) is 0 Å². The highest BCUT2D eigenvalue weighted by Gasteiger charge is 2.31. The summed E-state index contributed by atoms with van der Waals surface area (Å²) in [7, 11) is 1.55. The van der Waals surface area contributed by atoms with E-state index in [4.69, 9.17) is 9.47 Å². The van der Waals surface area contributed by atoms with Crippen LogP contribution >= 0.6 is 0 Å². The van der Waals surface area contributed by atoms with Gasteiger partial charge >= 0.3 is 5.97 Å². The van der Waals surface area contributed by atoms with Crippen LogP contribution in [0.3, 0.4) is 0 Å². The summed E-state index contributed by atoms with van der Waals surface area (Å²) in [5.74, 6) is -0.285. The molecular formula is C11H21NO3. The Morgan fingerprint density at radius 1 is 1.27 bits per heavy atom. The van der Waals surface area contributed by atoms with Gasteiger partial charge in [0.2, 0.25) is 6.23 Å². The monoisotopic (exact) mass is 215 g/mol. The maximum atomic E-state index is 11.8. The second kappa shape index (κ2) is 4.94. The molecule has 0 radical (unpaired) electrons. The Morgan fingerprint density at radius 3 is 2.20 bits per heavy atom. The van der Waals surface area contributed by atoms with E-state index >= 15 is 0 Å². The molecule has 0 aromatic carbocycles. The normalized spacial score (nSPS) is 20.3. The summed E-state index contributed by atoms with van der Waals surface area (Å²) >= 11 is 0. The Hall–Kier alpha value is -0.610. The number of nitrogens with zero attached hydrogens (tertiary/aromatic N) is 1. The minimum Gasteiger partial charge on any atom is -0.457 e. The third-order valence-electron chi connectivity index (χ3n) is 2.30. The second-order valence-corrected chi connectivity index (χ2v) is 4.86. The summed E-state index contributed by atoms with van der Waals surface area (Å²) in [5, 5.41) is 0. The topological polar surface area (TPSA) is 38.8 Å². The van der Waals surface area contributed by atoms with Crippen LogP contribution in [0.4, 0.5) is 0 Å². The van der Waals surface area contributed by atoms with Crippen LogP contribution in [0.15, 0.2) is 0 Å². The number of likely N-dealkylation sites (tertiary alicyclic amines) is 1. The van der Waals surface area contributed by atoms with Gasteiger partial charge in [0.15, 0.2) is 0 Å². The molecule has 1 rings (SSSR count). The van der Waals surface area contributed by atoms with Crippen molar-refractivity contribution in [2.45, 2.75) is 45.4 Å². The van der Waals surface area contributed by atoms with Crippen molar-refractivity contribution in [1.82, 2.24) is 4.90 Å². The highest BCUT2D eigenvalue weighted by atomic mass is 16.6. The molecule has 1 aliphatic heterocycles. The zero-order valence-corrected chi connectivity index (χ0v) is 10.1. The number of methoxy groups -OCH3 is 1. The van der Waals surface area contributed by atoms with Crippen molar-refractivity contribution in [2.24, 2.45) is 0 Å². The lowest BCUT2D eigenvalue weighted by Gasteiger charge is -2.28. The maximum absolute atomic E-state index is 11.8. The Balaban J connectivity index is 2.53. The molecule has 1 aliphatic rings. The van der Waals surface area contributed by atoms with Crippen molar-refractivity contribution in [3.05, 3.63) is 0 Å². The molecule has 1 heterocycles. The standard InChI is InChI=1S/C11H21NO3/c1-11(2,3)15-10(13)9(14-4)12-7-5-6-8-12/h9H,5-8H2,1-4H3/t9-/m0/s1. The summed E-state index contributed by atoms with van der Waals surface area (Å²) in [6.07, 6.45) is 1.72. The molecule has 1 fully saturated rings. The number of ether oxygens (including phenoxy) is 2. The summed E-state index contributed by atoms with van der Waals surface area (Å²) in [4.78, 5) is 13.8. The first-order chi connectivity index (χ1) is 6.94. The van der Waals surface area contributed by atoms with E-state index in [2.05, 4.69) is 0 Å². The minimum atomic E-state index is -0.535. The van der Waals surface area contributed by atoms with Gasteiger partial charge in [-0.05, 0) is 33.6 Å². The van der Waals surface area contributed by atoms with Crippen molar-refractivity contribution in [3.8, 4) is 0 Å². The number of carbonyl (C=O) groups is 1. The van der Waals surface area contributed by atoms with E-state index in [1.807, 2.05) is 25.7 Å². The molecular weight excluding hydrogens is 194 g/mol. The molecule has 0 N–H and O–H groups in total. The van der Waals surface area contributed by atoms with Gasteiger partial charge in [0.05, 0.1) is 0 Å². The van der Waals surface area contributed by atoms with Crippen molar-refractivity contribution in [3.63, 3.8) is 0 Å². The lowest BCUT2D eigenvalue weighted by atomic mass is 10.2. The average Bonchev–Trinajstić information content (AvgIpc) is 2.54. The fourth-order valence-electron chi connectivity index (χ4n) is 1.72. The summed E-state index contributed by atoms with van der Waals surface area (Å²) < 4.78 is 10.5. The van der Waals surface area contributed by atoms with Crippen LogP contribution in [0, 0.1) is 0 Å². The third-order valence-corrected chi connectivity index (χ3v) is 2.30. The number of rotatable bonds is 3. The zero-order valence-electron chi connectivity index (χ0n) is 10.1. The summed E-state index contributed by atoms with van der Waals surface area (Å²) in [6, 6.07) is 0. The molecule has 15 heavy (non-hydrogen) atoms. The van der Waals surface area contributed by atoms with Crippen LogP contribution in [0.1, 0.15) is 33.6 Å². The van der Waals surface area contributed by atoms with E-state index in [-0.39, 0.29) is 5.97 Å². The fraction of sp³-hybridized carbons (Fsp3) is 0.909. The Labute approximate surface area is 91.5 Å². The molecule has 0 bridgehead atoms. The van der Waals surface area contributed by atoms with Crippen LogP contribution in [-0.4, -0.2) is 42.9 Å². The SMILES string of the molecule is CO[C@@H](C(=O)OC(C)(C)C)N1CCCC1. The second-order valence-electron chi connectivity index (χ2n) is 4.86. The van der Waals surface area contributed by atoms with Crippen molar-refractivity contribution in [2.75, 3.05) is 20.2 Å². The Bertz CT molecular complexity index is 216. The molecule has 1 atom stereocenters. The zero-order chi connectivity index (χ0) is 11.5. The first kappa shape index (κ1) is 12.5. The maximum Gasteiger partial charge on any atom is 0.351 e. The quantitative estimate of drug-likeness (QED) is 0.667. The van der Waals surface area contributed by atoms with Crippen LogP contribution in [0.5, 0.6) is 0 Å². The summed E-state index contributed by atoms with van der Waals surface area (Å²) in [5.41, 5.74) is -0.451. The Kier molecular flexibility index (Phi) is 4.11. The van der Waals surface area contributed by atoms with Crippen LogP contribution in [0.25, 0.3) is 0 Å². The van der Waals surface area contributed by atoms with Crippen molar-refractivity contribution < 1.29 is 14.3 Å². The van der Waals surface area contributed by atoms with Crippen molar-refractivity contribution >= 4 is 5.97 Å². The molecule has 4 nitrogen and oxygen atoms in total. The molecule has 88 valence electrons. The minimum absolute atomic E-state index is 0.285. The molecule has 0 unspecified atom stereocenters. The molecule has 0 spiro atoms. The molecule has 0 aromatic rings. The van der Waals surface area contributed by atoms with E-state index < -0.39 is 11.8 Å². The number of carbonyl (C=O) groups excluding carboxylic acids is 1. The van der Waals surface area contributed by atoms with E-state index in [0.717, 1.165) is 25.9 Å². The number of esters is 1. The van der Waals surface area contributed by atoms with Gasteiger partial charge in [-0.1, -0.05) is 0 Å². The third kappa shape index (κ3) is 3.80. The van der Waals surface area contributed by atoms with E-state index in [9.17, 15) is 4.79 Å². The average molecular weight is 215 g/mol. The number of hydrogen-bond acceptors (Lipinski definition) is 4. The molecule has 0 saturated carbocycles. The van der Waals surface area contributed by atoms with Gasteiger partial charge in [0.1, 0.15) is 5.60 Å². The lowest BCUT2D eigenvalue weighted by Crippen LogP contribution is -2.44. The highest BCUT2D eigenvalue weighted by molar-refractivity contribution is 5.74. The van der Waals surface area contributed by atoms with Gasteiger partial charge < -0.3 is 9.47 Å². The van der Waals surface area contributed by atoms with E-state index in [0.29, 0.717) is 0 Å². The first-order valence-corrected chi connectivity index (χ1v) is 5.44. The van der Waals surface area contributed by atoms with Gasteiger partial charge in [-0.3, -0.25) is 4.90 Å². The molecule has 1 saturated heterocycles. The van der Waals surface area contributed by atoms with Gasteiger partial charge in [0.25, 0.3) is 0 Å². The van der Waals surface area contributed by atoms with Crippen LogP contribution < -0.4 is 0 Å². The number of hydrogen-bond donors (Lipinski definition) is 0. The van der Waals surface area contributed by atoms with Crippen LogP contribution in [-0.2, 0) is 14.3 Å². The van der Waals surface area contributed by atoms with E-state index in [1.54, 1.807) is 7.11 Å². The molecule has 0 aromatic heterocycles. The van der Waals surface area contributed by atoms with Crippen LogP contribution in [0.2, 0.25) is 0 Å². The predicted octanol–water partition coefficient (Wildman–Crippen LogP) is 1.40. The van der Waals surface area contributed by atoms with Gasteiger partial charge in [0, 0.05) is 20.2 Å². The molecule has 0 aliphatic carbocycles. The highest BCUT2D eigenvalue weighted by Crippen LogP contribution is 2.16. The van der Waals surface area contributed by atoms with Gasteiger partial charge in [-0.2, -0.15) is 0 Å². The molecule has 0 amide bonds. The largest absolute Gasteiger partial charge is 0.457 e. The fourth-order valence-corrected chi connectivity index (χ4v) is 1.72. The molecule has 4 heteroatoms. The predicted molar refractivity (Wildman–Crippen MR) is 57.4 cm³/mol. The Morgan fingerprint density at radius 2 is 1.80 bits per heavy atom. The lowest BCUT2D eigenvalue weighted by molar-refractivity contribution is -0.178. The smallest absolute Gasteiger partial charge is 0.351 e. The van der Waals surface area contributed by atoms with Gasteiger partial charge in [-0.25, -0.2) is 4.79 Å². The first-order valence-electron chi connectivity index (χ1n) is 5.44. The van der Waals surface area contributed by atoms with Crippen molar-refractivity contribution in [1.29, 1.82) is 0 Å².